The number of unbranched alkanes of at least 4 members (excludes halogenated alkanes) is 9. The van der Waals surface area contributed by atoms with Gasteiger partial charge in [0.05, 0.1) is 24.4 Å². The zero-order valence-corrected chi connectivity index (χ0v) is 20.7. The lowest BCUT2D eigenvalue weighted by molar-refractivity contribution is -0.137. The first kappa shape index (κ1) is 31.1. The van der Waals surface area contributed by atoms with E-state index >= 15 is 0 Å². The summed E-state index contributed by atoms with van der Waals surface area (Å²) in [6.07, 6.45) is 14.1. The van der Waals surface area contributed by atoms with Gasteiger partial charge in [-0.1, -0.05) is 86.3 Å². The monoisotopic (exact) mass is 467 g/mol. The SMILES string of the molecule is CCCCCCCCCCCCSSCSC(C)(C#N)CCC(=O)O.OCCO. The minimum absolute atomic E-state index is 0.0630. The lowest BCUT2D eigenvalue weighted by Crippen LogP contribution is -2.19. The molecule has 0 spiro atoms. The van der Waals surface area contributed by atoms with Crippen LogP contribution < -0.4 is 0 Å². The molecule has 29 heavy (non-hydrogen) atoms. The molecule has 0 radical (unpaired) electrons. The third-order valence-electron chi connectivity index (χ3n) is 4.24. The number of rotatable bonds is 19. The Kier molecular flexibility index (Phi) is 26.0. The molecule has 0 aliphatic carbocycles. The van der Waals surface area contributed by atoms with Crippen LogP contribution >= 0.6 is 33.3 Å². The van der Waals surface area contributed by atoms with Gasteiger partial charge < -0.3 is 15.3 Å². The van der Waals surface area contributed by atoms with Crippen LogP contribution in [-0.4, -0.2) is 50.1 Å². The normalized spacial score (nSPS) is 12.5. The molecule has 0 bridgehead atoms. The van der Waals surface area contributed by atoms with Crippen molar-refractivity contribution >= 4 is 39.3 Å². The van der Waals surface area contributed by atoms with Gasteiger partial charge in [0, 0.05) is 12.2 Å². The molecule has 0 fully saturated rings. The summed E-state index contributed by atoms with van der Waals surface area (Å²) in [4.78, 5) is 10.6. The van der Waals surface area contributed by atoms with E-state index in [1.54, 1.807) is 22.6 Å². The molecule has 0 amide bonds. The first-order valence-corrected chi connectivity index (χ1v) is 14.2. The fourth-order valence-electron chi connectivity index (χ4n) is 2.40. The molecule has 0 aromatic heterocycles. The van der Waals surface area contributed by atoms with Crippen molar-refractivity contribution in [2.75, 3.05) is 24.1 Å². The Morgan fingerprint density at radius 2 is 1.45 bits per heavy atom. The predicted octanol–water partition coefficient (Wildman–Crippen LogP) is 6.10. The molecule has 3 N–H and O–H groups in total. The second-order valence-electron chi connectivity index (χ2n) is 7.07. The highest BCUT2D eigenvalue weighted by Crippen LogP contribution is 2.36. The molecule has 0 aliphatic rings. The van der Waals surface area contributed by atoms with Gasteiger partial charge in [-0.2, -0.15) is 5.26 Å². The van der Waals surface area contributed by atoms with Crippen LogP contribution in [0.5, 0.6) is 0 Å². The number of nitriles is 1. The fourth-order valence-corrected chi connectivity index (χ4v) is 6.41. The quantitative estimate of drug-likeness (QED) is 0.119. The van der Waals surface area contributed by atoms with Crippen molar-refractivity contribution in [1.82, 2.24) is 0 Å². The van der Waals surface area contributed by atoms with Crippen LogP contribution in [0.4, 0.5) is 0 Å². The molecule has 0 aromatic carbocycles. The van der Waals surface area contributed by atoms with Gasteiger partial charge in [0.2, 0.25) is 0 Å². The Hall–Kier alpha value is -0.0700. The average molecular weight is 468 g/mol. The van der Waals surface area contributed by atoms with Crippen molar-refractivity contribution in [3.63, 3.8) is 0 Å². The molecular weight excluding hydrogens is 426 g/mol. The molecule has 0 rings (SSSR count). The van der Waals surface area contributed by atoms with Crippen LogP contribution in [0.25, 0.3) is 0 Å². The van der Waals surface area contributed by atoms with E-state index in [0.29, 0.717) is 6.42 Å². The number of hydrogen-bond donors (Lipinski definition) is 3. The molecule has 0 aromatic rings. The zero-order valence-electron chi connectivity index (χ0n) is 18.2. The lowest BCUT2D eigenvalue weighted by atomic mass is 10.1. The van der Waals surface area contributed by atoms with Crippen molar-refractivity contribution in [3.05, 3.63) is 0 Å². The molecular formula is C21H41NO4S3. The zero-order chi connectivity index (χ0) is 22.2. The molecule has 5 nitrogen and oxygen atoms in total. The highest BCUT2D eigenvalue weighted by molar-refractivity contribution is 8.78. The van der Waals surface area contributed by atoms with E-state index in [1.807, 2.05) is 17.7 Å². The Bertz CT molecular complexity index is 406. The van der Waals surface area contributed by atoms with Crippen molar-refractivity contribution in [2.24, 2.45) is 0 Å². The van der Waals surface area contributed by atoms with Gasteiger partial charge in [-0.25, -0.2) is 0 Å². The molecule has 0 saturated heterocycles. The molecule has 1 unspecified atom stereocenters. The molecule has 0 heterocycles. The topological polar surface area (TPSA) is 102 Å². The summed E-state index contributed by atoms with van der Waals surface area (Å²) in [6.45, 7) is 3.85. The third-order valence-corrected chi connectivity index (χ3v) is 8.52. The molecule has 8 heteroatoms. The maximum absolute atomic E-state index is 10.6. The maximum Gasteiger partial charge on any atom is 0.303 e. The van der Waals surface area contributed by atoms with E-state index in [9.17, 15) is 10.1 Å². The van der Waals surface area contributed by atoms with E-state index in [0.717, 1.165) is 5.08 Å². The van der Waals surface area contributed by atoms with Crippen LogP contribution in [0.2, 0.25) is 0 Å². The Morgan fingerprint density at radius 1 is 0.931 bits per heavy atom. The van der Waals surface area contributed by atoms with Crippen molar-refractivity contribution in [1.29, 1.82) is 5.26 Å². The average Bonchev–Trinajstić information content (AvgIpc) is 2.72. The number of carboxylic acid groups (broad SMARTS) is 1. The van der Waals surface area contributed by atoms with Crippen LogP contribution in [0.1, 0.15) is 90.9 Å². The summed E-state index contributed by atoms with van der Waals surface area (Å²) in [7, 11) is 3.67. The second kappa shape index (κ2) is 24.2. The van der Waals surface area contributed by atoms with Crippen LogP contribution in [0.15, 0.2) is 0 Å². The molecule has 0 aliphatic heterocycles. The standard InChI is InChI=1S/C19H35NO2S3.C2H6O2/c1-3-4-5-6-7-8-9-10-11-12-15-24-25-17-23-19(2,16-20)14-13-18(21)22;3-1-2-4/h3-15,17H2,1-2H3,(H,21,22);3-4H,1-2H2. The van der Waals surface area contributed by atoms with Gasteiger partial charge in [-0.05, 0) is 19.8 Å². The van der Waals surface area contributed by atoms with Crippen molar-refractivity contribution in [2.45, 2.75) is 95.6 Å². The van der Waals surface area contributed by atoms with E-state index in [4.69, 9.17) is 15.3 Å². The first-order chi connectivity index (χ1) is 14.0. The molecule has 0 saturated carbocycles. The second-order valence-corrected chi connectivity index (χ2v) is 11.5. The Morgan fingerprint density at radius 3 is 1.90 bits per heavy atom. The van der Waals surface area contributed by atoms with Gasteiger partial charge in [-0.3, -0.25) is 4.79 Å². The van der Waals surface area contributed by atoms with E-state index < -0.39 is 10.7 Å². The van der Waals surface area contributed by atoms with Gasteiger partial charge >= 0.3 is 5.97 Å². The number of nitrogens with zero attached hydrogens (tertiary/aromatic N) is 1. The smallest absolute Gasteiger partial charge is 0.303 e. The van der Waals surface area contributed by atoms with Crippen LogP contribution in [0.3, 0.4) is 0 Å². The highest BCUT2D eigenvalue weighted by Gasteiger charge is 2.25. The van der Waals surface area contributed by atoms with E-state index in [-0.39, 0.29) is 19.6 Å². The van der Waals surface area contributed by atoms with Crippen LogP contribution in [-0.2, 0) is 4.79 Å². The largest absolute Gasteiger partial charge is 0.481 e. The number of carboxylic acids is 1. The number of hydrogen-bond acceptors (Lipinski definition) is 7. The Balaban J connectivity index is 0. The number of aliphatic carboxylic acids is 1. The van der Waals surface area contributed by atoms with Crippen LogP contribution in [0, 0.1) is 11.3 Å². The van der Waals surface area contributed by atoms with E-state index in [2.05, 4.69) is 13.0 Å². The van der Waals surface area contributed by atoms with E-state index in [1.165, 1.54) is 70.0 Å². The van der Waals surface area contributed by atoms with Gasteiger partial charge in [0.15, 0.2) is 0 Å². The lowest BCUT2D eigenvalue weighted by Gasteiger charge is -2.19. The summed E-state index contributed by atoms with van der Waals surface area (Å²) in [5.74, 6) is 0.338. The van der Waals surface area contributed by atoms with Gasteiger partial charge in [0.25, 0.3) is 0 Å². The minimum atomic E-state index is -0.829. The predicted molar refractivity (Wildman–Crippen MR) is 129 cm³/mol. The van der Waals surface area contributed by atoms with Crippen molar-refractivity contribution in [3.8, 4) is 6.07 Å². The van der Waals surface area contributed by atoms with Gasteiger partial charge in [-0.15, -0.1) is 11.8 Å². The summed E-state index contributed by atoms with van der Waals surface area (Å²) in [5, 5.41) is 34.1. The number of aliphatic hydroxyl groups excluding tert-OH is 2. The number of aliphatic hydroxyl groups is 2. The van der Waals surface area contributed by atoms with Crippen molar-refractivity contribution < 1.29 is 20.1 Å². The summed E-state index contributed by atoms with van der Waals surface area (Å²) in [5.41, 5.74) is 0. The summed E-state index contributed by atoms with van der Waals surface area (Å²) in [6, 6.07) is 2.26. The number of carbonyl (C=O) groups is 1. The Labute approximate surface area is 190 Å². The third kappa shape index (κ3) is 25.9. The summed E-state index contributed by atoms with van der Waals surface area (Å²) >= 11 is 1.57. The highest BCUT2D eigenvalue weighted by atomic mass is 33.1. The summed E-state index contributed by atoms with van der Waals surface area (Å²) < 4.78 is -0.580. The minimum Gasteiger partial charge on any atom is -0.481 e. The number of thioether (sulfide) groups is 1. The molecule has 172 valence electrons. The van der Waals surface area contributed by atoms with Gasteiger partial charge in [0.1, 0.15) is 4.75 Å². The maximum atomic E-state index is 10.6. The fraction of sp³-hybridized carbons (Fsp3) is 0.905. The first-order valence-electron chi connectivity index (χ1n) is 10.7. The molecule has 1 atom stereocenters.